The molecule has 4 nitrogen and oxygen atoms in total. The Morgan fingerprint density at radius 3 is 2.85 bits per heavy atom. The van der Waals surface area contributed by atoms with Crippen molar-refractivity contribution in [3.05, 3.63) is 0 Å². The Morgan fingerprint density at radius 2 is 2.38 bits per heavy atom. The minimum atomic E-state index is -1.28. The minimum Gasteiger partial charge on any atom is -0.434 e. The number of Topliss-reactive ketones (excluding diaryl/α,β-unsaturated/α-hetero) is 1. The van der Waals surface area contributed by atoms with Gasteiger partial charge in [-0.15, -0.1) is 0 Å². The highest BCUT2D eigenvalue weighted by Gasteiger charge is 2.40. The van der Waals surface area contributed by atoms with Crippen LogP contribution in [0.25, 0.3) is 0 Å². The molecule has 1 aliphatic rings. The summed E-state index contributed by atoms with van der Waals surface area (Å²) in [6.45, 7) is 0.596. The summed E-state index contributed by atoms with van der Waals surface area (Å²) in [4.78, 5) is 21.5. The molecule has 1 atom stereocenters. The number of ketones is 1. The van der Waals surface area contributed by atoms with Crippen LogP contribution in [-0.2, 0) is 14.3 Å². The zero-order chi connectivity index (χ0) is 9.90. The van der Waals surface area contributed by atoms with Crippen LogP contribution >= 0.6 is 0 Å². The molecule has 0 bridgehead atoms. The molecule has 0 spiro atoms. The second kappa shape index (κ2) is 3.72. The predicted molar refractivity (Wildman–Crippen MR) is 41.1 cm³/mol. The number of rotatable bonds is 3. The van der Waals surface area contributed by atoms with Crippen LogP contribution in [0, 0.1) is 0 Å². The normalized spacial score (nSPS) is 27.7. The third-order valence-electron chi connectivity index (χ3n) is 1.89. The molecule has 74 valence electrons. The number of hydrogen-bond acceptors (Lipinski definition) is 4. The summed E-state index contributed by atoms with van der Waals surface area (Å²) in [5, 5.41) is 0. The summed E-state index contributed by atoms with van der Waals surface area (Å²) < 4.78 is 21.7. The molecule has 0 amide bonds. The van der Waals surface area contributed by atoms with Crippen molar-refractivity contribution in [1.82, 2.24) is 0 Å². The topological polar surface area (TPSA) is 52.6 Å². The first-order valence-corrected chi connectivity index (χ1v) is 3.99. The van der Waals surface area contributed by atoms with E-state index in [-0.39, 0.29) is 25.2 Å². The van der Waals surface area contributed by atoms with Crippen LogP contribution in [0.4, 0.5) is 9.18 Å². The molecule has 1 saturated heterocycles. The van der Waals surface area contributed by atoms with Gasteiger partial charge in [0, 0.05) is 12.8 Å². The second-order valence-electron chi connectivity index (χ2n) is 3.15. The van der Waals surface area contributed by atoms with E-state index in [0.29, 0.717) is 0 Å². The Labute approximate surface area is 75.0 Å². The third kappa shape index (κ3) is 2.40. The van der Waals surface area contributed by atoms with Crippen LogP contribution in [0.2, 0.25) is 0 Å². The molecular weight excluding hydrogens is 179 g/mol. The van der Waals surface area contributed by atoms with Gasteiger partial charge in [0.25, 0.3) is 0 Å². The van der Waals surface area contributed by atoms with Crippen molar-refractivity contribution in [3.8, 4) is 0 Å². The lowest BCUT2D eigenvalue weighted by Gasteiger charge is -2.32. The molecule has 1 fully saturated rings. The van der Waals surface area contributed by atoms with E-state index in [1.807, 2.05) is 0 Å². The van der Waals surface area contributed by atoms with Gasteiger partial charge >= 0.3 is 6.16 Å². The van der Waals surface area contributed by atoms with Gasteiger partial charge in [0.1, 0.15) is 12.5 Å². The number of ether oxygens (including phenoxy) is 2. The molecule has 1 rings (SSSR count). The van der Waals surface area contributed by atoms with Crippen molar-refractivity contribution in [1.29, 1.82) is 0 Å². The Balaban J connectivity index is 2.67. The predicted octanol–water partition coefficient (Wildman–Crippen LogP) is 1.23. The monoisotopic (exact) mass is 190 g/mol. The average Bonchev–Trinajstić information content (AvgIpc) is 2.03. The van der Waals surface area contributed by atoms with Crippen molar-refractivity contribution >= 4 is 11.9 Å². The molecule has 0 aromatic heterocycles. The first-order chi connectivity index (χ1) is 6.08. The van der Waals surface area contributed by atoms with E-state index in [4.69, 9.17) is 0 Å². The van der Waals surface area contributed by atoms with Crippen LogP contribution < -0.4 is 0 Å². The highest BCUT2D eigenvalue weighted by Crippen LogP contribution is 2.26. The van der Waals surface area contributed by atoms with E-state index in [0.717, 1.165) is 0 Å². The van der Waals surface area contributed by atoms with Gasteiger partial charge in [0.15, 0.2) is 5.60 Å². The average molecular weight is 190 g/mol. The summed E-state index contributed by atoms with van der Waals surface area (Å²) in [5.74, 6) is -0.202. The first kappa shape index (κ1) is 9.95. The SMILES string of the molecule is CC(=O)CC1(CF)CCOC(=O)O1. The van der Waals surface area contributed by atoms with E-state index in [9.17, 15) is 14.0 Å². The minimum absolute atomic E-state index is 0.0847. The summed E-state index contributed by atoms with van der Waals surface area (Å²) >= 11 is 0. The standard InChI is InChI=1S/C8H11FO4/c1-6(10)4-8(5-9)2-3-12-7(11)13-8/h2-5H2,1H3. The maximum atomic E-state index is 12.6. The lowest BCUT2D eigenvalue weighted by atomic mass is 9.94. The Morgan fingerprint density at radius 1 is 1.69 bits per heavy atom. The number of alkyl halides is 1. The number of halogens is 1. The highest BCUT2D eigenvalue weighted by atomic mass is 19.1. The van der Waals surface area contributed by atoms with E-state index in [1.165, 1.54) is 6.92 Å². The quantitative estimate of drug-likeness (QED) is 0.628. The number of cyclic esters (lactones) is 2. The fraction of sp³-hybridized carbons (Fsp3) is 0.750. The van der Waals surface area contributed by atoms with Crippen LogP contribution in [0.1, 0.15) is 19.8 Å². The van der Waals surface area contributed by atoms with Gasteiger partial charge in [-0.25, -0.2) is 9.18 Å². The maximum absolute atomic E-state index is 12.6. The van der Waals surface area contributed by atoms with Gasteiger partial charge in [-0.3, -0.25) is 4.79 Å². The molecule has 5 heteroatoms. The summed E-state index contributed by atoms with van der Waals surface area (Å²) in [7, 11) is 0. The molecule has 13 heavy (non-hydrogen) atoms. The van der Waals surface area contributed by atoms with E-state index >= 15 is 0 Å². The van der Waals surface area contributed by atoms with Crippen molar-refractivity contribution < 1.29 is 23.5 Å². The smallest absolute Gasteiger partial charge is 0.434 e. The fourth-order valence-corrected chi connectivity index (χ4v) is 1.30. The van der Waals surface area contributed by atoms with Crippen LogP contribution in [0.5, 0.6) is 0 Å². The van der Waals surface area contributed by atoms with Crippen molar-refractivity contribution in [2.75, 3.05) is 13.3 Å². The number of hydrogen-bond donors (Lipinski definition) is 0. The summed E-state index contributed by atoms with van der Waals surface area (Å²) in [6, 6.07) is 0. The van der Waals surface area contributed by atoms with Crippen molar-refractivity contribution in [2.45, 2.75) is 25.4 Å². The molecule has 1 heterocycles. The number of carbonyl (C=O) groups excluding carboxylic acids is 2. The Kier molecular flexibility index (Phi) is 2.85. The molecule has 0 aliphatic carbocycles. The zero-order valence-electron chi connectivity index (χ0n) is 7.34. The second-order valence-corrected chi connectivity index (χ2v) is 3.15. The maximum Gasteiger partial charge on any atom is 0.508 e. The lowest BCUT2D eigenvalue weighted by molar-refractivity contribution is -0.131. The van der Waals surface area contributed by atoms with Gasteiger partial charge in [0.2, 0.25) is 0 Å². The van der Waals surface area contributed by atoms with Gasteiger partial charge in [-0.2, -0.15) is 0 Å². The summed E-state index contributed by atoms with van der Waals surface area (Å²) in [5.41, 5.74) is -1.28. The van der Waals surface area contributed by atoms with E-state index in [2.05, 4.69) is 9.47 Å². The molecular formula is C8H11FO4. The van der Waals surface area contributed by atoms with Crippen LogP contribution in [-0.4, -0.2) is 30.8 Å². The van der Waals surface area contributed by atoms with Gasteiger partial charge < -0.3 is 9.47 Å². The van der Waals surface area contributed by atoms with Crippen molar-refractivity contribution in [3.63, 3.8) is 0 Å². The van der Waals surface area contributed by atoms with Gasteiger partial charge in [-0.1, -0.05) is 0 Å². The molecule has 0 saturated carbocycles. The van der Waals surface area contributed by atoms with Crippen LogP contribution in [0.15, 0.2) is 0 Å². The van der Waals surface area contributed by atoms with Gasteiger partial charge in [0.05, 0.1) is 6.61 Å². The Hall–Kier alpha value is -1.13. The molecule has 1 unspecified atom stereocenters. The molecule has 0 aromatic carbocycles. The van der Waals surface area contributed by atoms with Crippen molar-refractivity contribution in [2.24, 2.45) is 0 Å². The Bertz CT molecular complexity index is 224. The molecule has 0 N–H and O–H groups in total. The van der Waals surface area contributed by atoms with E-state index < -0.39 is 18.4 Å². The van der Waals surface area contributed by atoms with E-state index in [1.54, 1.807) is 0 Å². The molecule has 0 radical (unpaired) electrons. The third-order valence-corrected chi connectivity index (χ3v) is 1.89. The largest absolute Gasteiger partial charge is 0.508 e. The van der Waals surface area contributed by atoms with Crippen LogP contribution in [0.3, 0.4) is 0 Å². The lowest BCUT2D eigenvalue weighted by Crippen LogP contribution is -2.44. The fourth-order valence-electron chi connectivity index (χ4n) is 1.30. The summed E-state index contributed by atoms with van der Waals surface area (Å²) in [6.07, 6.45) is -0.752. The van der Waals surface area contributed by atoms with Gasteiger partial charge in [-0.05, 0) is 6.92 Å². The molecule has 1 aliphatic heterocycles. The molecule has 0 aromatic rings. The first-order valence-electron chi connectivity index (χ1n) is 3.99. The highest BCUT2D eigenvalue weighted by molar-refractivity contribution is 5.77. The zero-order valence-corrected chi connectivity index (χ0v) is 7.34. The number of carbonyl (C=O) groups is 2.